The summed E-state index contributed by atoms with van der Waals surface area (Å²) in [7, 11) is 0. The van der Waals surface area contributed by atoms with Crippen LogP contribution in [0.15, 0.2) is 36.4 Å². The van der Waals surface area contributed by atoms with Crippen molar-refractivity contribution < 1.29 is 26.3 Å². The van der Waals surface area contributed by atoms with E-state index in [1.165, 1.54) is 26.0 Å². The van der Waals surface area contributed by atoms with Crippen molar-refractivity contribution in [2.75, 3.05) is 0 Å². The van der Waals surface area contributed by atoms with E-state index in [1.54, 1.807) is 0 Å². The molecule has 0 spiro atoms. The minimum Gasteiger partial charge on any atom is -0.207 e. The van der Waals surface area contributed by atoms with Crippen molar-refractivity contribution in [2.45, 2.75) is 26.7 Å². The fraction of sp³-hybridized carbons (Fsp3) is 0.182. The standard InChI is InChI=1S/C22H16F6/c1-11-5-19(25)16(20(26)6-11)10-15-4-3-14(21(27)22(15)28)7-13-8-17(23)12(2)18(24)9-13/h3-6,8-9H,7,10H2,1-2H3. The summed E-state index contributed by atoms with van der Waals surface area (Å²) in [4.78, 5) is 0. The Hall–Kier alpha value is -2.76. The molecular weight excluding hydrogens is 378 g/mol. The number of aryl methyl sites for hydroxylation is 1. The van der Waals surface area contributed by atoms with Crippen LogP contribution >= 0.6 is 0 Å². The van der Waals surface area contributed by atoms with Crippen molar-refractivity contribution in [1.82, 2.24) is 0 Å². The van der Waals surface area contributed by atoms with E-state index in [4.69, 9.17) is 0 Å². The first-order chi connectivity index (χ1) is 13.2. The summed E-state index contributed by atoms with van der Waals surface area (Å²) in [6.07, 6.45) is -0.695. The smallest absolute Gasteiger partial charge is 0.162 e. The highest BCUT2D eigenvalue weighted by Crippen LogP contribution is 2.25. The van der Waals surface area contributed by atoms with Crippen LogP contribution in [-0.2, 0) is 12.8 Å². The largest absolute Gasteiger partial charge is 0.207 e. The monoisotopic (exact) mass is 394 g/mol. The van der Waals surface area contributed by atoms with Crippen molar-refractivity contribution in [2.24, 2.45) is 0 Å². The molecule has 0 amide bonds. The van der Waals surface area contributed by atoms with Gasteiger partial charge in [-0.3, -0.25) is 0 Å². The van der Waals surface area contributed by atoms with Gasteiger partial charge >= 0.3 is 0 Å². The van der Waals surface area contributed by atoms with Gasteiger partial charge < -0.3 is 0 Å². The normalized spacial score (nSPS) is 11.1. The third kappa shape index (κ3) is 3.91. The molecule has 0 saturated heterocycles. The molecule has 6 heteroatoms. The predicted molar refractivity (Wildman–Crippen MR) is 94.2 cm³/mol. The van der Waals surface area contributed by atoms with Crippen LogP contribution in [-0.4, -0.2) is 0 Å². The summed E-state index contributed by atoms with van der Waals surface area (Å²) in [5, 5.41) is 0. The molecule has 146 valence electrons. The second kappa shape index (κ2) is 7.70. The van der Waals surface area contributed by atoms with Gasteiger partial charge in [-0.05, 0) is 60.4 Å². The number of hydrogen-bond donors (Lipinski definition) is 0. The molecule has 28 heavy (non-hydrogen) atoms. The Morgan fingerprint density at radius 3 is 1.57 bits per heavy atom. The molecule has 0 heterocycles. The highest BCUT2D eigenvalue weighted by molar-refractivity contribution is 5.36. The molecule has 3 rings (SSSR count). The summed E-state index contributed by atoms with van der Waals surface area (Å²) >= 11 is 0. The zero-order valence-electron chi connectivity index (χ0n) is 15.1. The van der Waals surface area contributed by atoms with Crippen LogP contribution in [0, 0.1) is 48.8 Å². The van der Waals surface area contributed by atoms with Gasteiger partial charge in [0.2, 0.25) is 0 Å². The van der Waals surface area contributed by atoms with Crippen LogP contribution in [0.3, 0.4) is 0 Å². The van der Waals surface area contributed by atoms with Crippen LogP contribution in [0.1, 0.15) is 33.4 Å². The Balaban J connectivity index is 1.92. The van der Waals surface area contributed by atoms with Gasteiger partial charge in [0, 0.05) is 24.0 Å². The highest BCUT2D eigenvalue weighted by Gasteiger charge is 2.18. The van der Waals surface area contributed by atoms with Crippen LogP contribution in [0.4, 0.5) is 26.3 Å². The SMILES string of the molecule is Cc1cc(F)c(Cc2ccc(Cc3cc(F)c(C)c(F)c3)c(F)c2F)c(F)c1. The molecule has 0 aromatic heterocycles. The van der Waals surface area contributed by atoms with Gasteiger partial charge in [-0.25, -0.2) is 26.3 Å². The predicted octanol–water partition coefficient (Wildman–Crippen LogP) is 6.32. The van der Waals surface area contributed by atoms with Gasteiger partial charge in [0.15, 0.2) is 11.6 Å². The van der Waals surface area contributed by atoms with E-state index in [2.05, 4.69) is 0 Å². The average Bonchev–Trinajstić information content (AvgIpc) is 2.61. The lowest BCUT2D eigenvalue weighted by Gasteiger charge is -2.11. The fourth-order valence-electron chi connectivity index (χ4n) is 3.01. The maximum absolute atomic E-state index is 14.4. The van der Waals surface area contributed by atoms with Gasteiger partial charge in [-0.2, -0.15) is 0 Å². The molecule has 0 aliphatic heterocycles. The lowest BCUT2D eigenvalue weighted by atomic mass is 9.97. The molecule has 3 aromatic carbocycles. The quantitative estimate of drug-likeness (QED) is 0.454. The Kier molecular flexibility index (Phi) is 5.49. The van der Waals surface area contributed by atoms with Gasteiger partial charge in [0.25, 0.3) is 0 Å². The summed E-state index contributed by atoms with van der Waals surface area (Å²) < 4.78 is 84.2. The Bertz CT molecular complexity index is 1010. The maximum atomic E-state index is 14.4. The number of rotatable bonds is 4. The van der Waals surface area contributed by atoms with Crippen LogP contribution < -0.4 is 0 Å². The first-order valence-electron chi connectivity index (χ1n) is 8.52. The second-order valence-electron chi connectivity index (χ2n) is 6.76. The average molecular weight is 394 g/mol. The van der Waals surface area contributed by atoms with Gasteiger partial charge in [-0.1, -0.05) is 12.1 Å². The van der Waals surface area contributed by atoms with Crippen molar-refractivity contribution >= 4 is 0 Å². The van der Waals surface area contributed by atoms with Crippen LogP contribution in [0.5, 0.6) is 0 Å². The van der Waals surface area contributed by atoms with Crippen LogP contribution in [0.25, 0.3) is 0 Å². The Morgan fingerprint density at radius 2 is 1.07 bits per heavy atom. The molecule has 0 aliphatic carbocycles. The van der Waals surface area contributed by atoms with Crippen LogP contribution in [0.2, 0.25) is 0 Å². The first kappa shape index (κ1) is 20.0. The molecule has 0 saturated carbocycles. The van der Waals surface area contributed by atoms with E-state index >= 15 is 0 Å². The molecule has 0 radical (unpaired) electrons. The second-order valence-corrected chi connectivity index (χ2v) is 6.76. The summed E-state index contributed by atoms with van der Waals surface area (Å²) in [6, 6.07) is 6.80. The number of benzene rings is 3. The molecule has 0 N–H and O–H groups in total. The Morgan fingerprint density at radius 1 is 0.607 bits per heavy atom. The maximum Gasteiger partial charge on any atom is 0.162 e. The fourth-order valence-corrected chi connectivity index (χ4v) is 3.01. The Labute approximate surface area is 158 Å². The molecule has 0 nitrogen and oxygen atoms in total. The topological polar surface area (TPSA) is 0 Å². The lowest BCUT2D eigenvalue weighted by molar-refractivity contribution is 0.490. The van der Waals surface area contributed by atoms with Gasteiger partial charge in [0.05, 0.1) is 0 Å². The molecule has 0 unspecified atom stereocenters. The molecule has 3 aromatic rings. The van der Waals surface area contributed by atoms with Gasteiger partial charge in [-0.15, -0.1) is 0 Å². The zero-order valence-corrected chi connectivity index (χ0v) is 15.1. The summed E-state index contributed by atoms with van der Waals surface area (Å²) in [6.45, 7) is 2.79. The third-order valence-corrected chi connectivity index (χ3v) is 4.63. The van der Waals surface area contributed by atoms with E-state index in [9.17, 15) is 26.3 Å². The van der Waals surface area contributed by atoms with Crippen molar-refractivity contribution in [3.8, 4) is 0 Å². The zero-order chi connectivity index (χ0) is 20.6. The van der Waals surface area contributed by atoms with E-state index in [0.29, 0.717) is 5.56 Å². The van der Waals surface area contributed by atoms with E-state index in [1.807, 2.05) is 0 Å². The molecule has 0 bridgehead atoms. The highest BCUT2D eigenvalue weighted by atomic mass is 19.2. The first-order valence-corrected chi connectivity index (χ1v) is 8.52. The molecule has 0 fully saturated rings. The molecule has 0 aliphatic rings. The number of hydrogen-bond acceptors (Lipinski definition) is 0. The summed E-state index contributed by atoms with van der Waals surface area (Å²) in [5.41, 5.74) is -0.342. The minimum absolute atomic E-state index is 0.117. The van der Waals surface area contributed by atoms with E-state index < -0.39 is 41.3 Å². The van der Waals surface area contributed by atoms with E-state index in [0.717, 1.165) is 24.3 Å². The number of halogens is 6. The van der Waals surface area contributed by atoms with Gasteiger partial charge in [0.1, 0.15) is 23.3 Å². The molecular formula is C22H16F6. The molecule has 0 atom stereocenters. The third-order valence-electron chi connectivity index (χ3n) is 4.63. The van der Waals surface area contributed by atoms with E-state index in [-0.39, 0.29) is 34.2 Å². The summed E-state index contributed by atoms with van der Waals surface area (Å²) in [5.74, 6) is -5.70. The van der Waals surface area contributed by atoms with Crippen molar-refractivity contribution in [1.29, 1.82) is 0 Å². The van der Waals surface area contributed by atoms with Crippen molar-refractivity contribution in [3.63, 3.8) is 0 Å². The van der Waals surface area contributed by atoms with Crippen molar-refractivity contribution in [3.05, 3.63) is 105 Å². The lowest BCUT2D eigenvalue weighted by Crippen LogP contribution is -2.05. The minimum atomic E-state index is -1.25.